The predicted molar refractivity (Wildman–Crippen MR) is 62.1 cm³/mol. The first-order valence-electron chi connectivity index (χ1n) is 5.46. The maximum Gasteiger partial charge on any atom is 0.217 e. The van der Waals surface area contributed by atoms with Gasteiger partial charge in [0, 0.05) is 12.1 Å². The third-order valence-electron chi connectivity index (χ3n) is 3.11. The Hall–Kier alpha value is -0.130. The van der Waals surface area contributed by atoms with E-state index in [9.17, 15) is 8.42 Å². The van der Waals surface area contributed by atoms with Crippen molar-refractivity contribution in [1.82, 2.24) is 4.72 Å². The minimum atomic E-state index is -3.28. The van der Waals surface area contributed by atoms with Crippen molar-refractivity contribution < 1.29 is 8.42 Å². The Morgan fingerprint density at radius 2 is 1.73 bits per heavy atom. The van der Waals surface area contributed by atoms with Crippen molar-refractivity contribution in [2.24, 2.45) is 5.73 Å². The highest BCUT2D eigenvalue weighted by Crippen LogP contribution is 2.31. The van der Waals surface area contributed by atoms with Crippen LogP contribution in [0.1, 0.15) is 46.5 Å². The molecule has 0 radical (unpaired) electrons. The molecule has 0 unspecified atom stereocenters. The zero-order valence-corrected chi connectivity index (χ0v) is 10.7. The van der Waals surface area contributed by atoms with E-state index >= 15 is 0 Å². The molecule has 1 aliphatic carbocycles. The number of rotatable bonds is 3. The van der Waals surface area contributed by atoms with E-state index in [1.165, 1.54) is 0 Å². The van der Waals surface area contributed by atoms with Crippen LogP contribution in [0.4, 0.5) is 0 Å². The van der Waals surface area contributed by atoms with Gasteiger partial charge in [-0.1, -0.05) is 12.8 Å². The quantitative estimate of drug-likeness (QED) is 0.764. The summed E-state index contributed by atoms with van der Waals surface area (Å²) in [6.45, 7) is 5.50. The molecule has 0 aromatic rings. The molecule has 0 aromatic heterocycles. The summed E-state index contributed by atoms with van der Waals surface area (Å²) < 4.78 is 26.1. The molecule has 0 aromatic carbocycles. The van der Waals surface area contributed by atoms with Gasteiger partial charge < -0.3 is 5.73 Å². The molecular formula is C10H22N2O2S. The zero-order valence-electron chi connectivity index (χ0n) is 9.84. The largest absolute Gasteiger partial charge is 0.329 e. The summed E-state index contributed by atoms with van der Waals surface area (Å²) in [6.07, 6.45) is 3.84. The van der Waals surface area contributed by atoms with Gasteiger partial charge in [0.25, 0.3) is 0 Å². The molecule has 15 heavy (non-hydrogen) atoms. The Morgan fingerprint density at radius 1 is 1.27 bits per heavy atom. The van der Waals surface area contributed by atoms with Gasteiger partial charge in [-0.2, -0.15) is 0 Å². The van der Waals surface area contributed by atoms with Gasteiger partial charge in [0.2, 0.25) is 10.0 Å². The topological polar surface area (TPSA) is 72.2 Å². The highest BCUT2D eigenvalue weighted by atomic mass is 32.2. The molecule has 1 saturated carbocycles. The molecular weight excluding hydrogens is 212 g/mol. The lowest BCUT2D eigenvalue weighted by molar-refractivity contribution is 0.392. The normalized spacial score (nSPS) is 21.9. The third kappa shape index (κ3) is 2.71. The molecule has 0 amide bonds. The van der Waals surface area contributed by atoms with Gasteiger partial charge in [0.05, 0.1) is 4.75 Å². The Morgan fingerprint density at radius 3 is 2.07 bits per heavy atom. The standard InChI is InChI=1S/C10H22N2O2S/c1-9(2,3)15(13,14)12-10(8-11)6-4-5-7-10/h12H,4-8,11H2,1-3H3. The minimum Gasteiger partial charge on any atom is -0.329 e. The van der Waals surface area contributed by atoms with Crippen molar-refractivity contribution in [3.8, 4) is 0 Å². The molecule has 5 heteroatoms. The summed E-state index contributed by atoms with van der Waals surface area (Å²) >= 11 is 0. The monoisotopic (exact) mass is 234 g/mol. The summed E-state index contributed by atoms with van der Waals surface area (Å²) in [5.74, 6) is 0. The second-order valence-corrected chi connectivity index (χ2v) is 7.85. The summed E-state index contributed by atoms with van der Waals surface area (Å²) in [5, 5.41) is 0. The number of nitrogens with one attached hydrogen (secondary N) is 1. The van der Waals surface area contributed by atoms with Crippen molar-refractivity contribution in [3.63, 3.8) is 0 Å². The van der Waals surface area contributed by atoms with E-state index in [0.29, 0.717) is 6.54 Å². The summed E-state index contributed by atoms with van der Waals surface area (Å²) in [7, 11) is -3.28. The lowest BCUT2D eigenvalue weighted by atomic mass is 10.0. The van der Waals surface area contributed by atoms with E-state index in [4.69, 9.17) is 5.73 Å². The molecule has 0 bridgehead atoms. The third-order valence-corrected chi connectivity index (χ3v) is 5.42. The molecule has 1 rings (SSSR count). The predicted octanol–water partition coefficient (Wildman–Crippen LogP) is 0.976. The van der Waals surface area contributed by atoms with Crippen molar-refractivity contribution in [2.75, 3.05) is 6.54 Å². The Balaban J connectivity index is 2.84. The van der Waals surface area contributed by atoms with Crippen molar-refractivity contribution >= 4 is 10.0 Å². The van der Waals surface area contributed by atoms with Crippen LogP contribution in [-0.4, -0.2) is 25.2 Å². The number of hydrogen-bond donors (Lipinski definition) is 2. The van der Waals surface area contributed by atoms with Crippen LogP contribution in [0, 0.1) is 0 Å². The highest BCUT2D eigenvalue weighted by molar-refractivity contribution is 7.90. The second-order valence-electron chi connectivity index (χ2n) is 5.41. The Kier molecular flexibility index (Phi) is 3.48. The molecule has 0 spiro atoms. The molecule has 1 fully saturated rings. The fourth-order valence-corrected chi connectivity index (χ4v) is 3.00. The van der Waals surface area contributed by atoms with Crippen LogP contribution >= 0.6 is 0 Å². The fourth-order valence-electron chi connectivity index (χ4n) is 1.84. The number of nitrogens with two attached hydrogens (primary N) is 1. The Bertz CT molecular complexity index is 311. The average Bonchev–Trinajstić information content (AvgIpc) is 2.51. The molecule has 0 saturated heterocycles. The second kappa shape index (κ2) is 4.03. The molecule has 0 aliphatic heterocycles. The lowest BCUT2D eigenvalue weighted by Gasteiger charge is -2.32. The van der Waals surface area contributed by atoms with E-state index in [1.807, 2.05) is 0 Å². The van der Waals surface area contributed by atoms with Crippen molar-refractivity contribution in [2.45, 2.75) is 56.7 Å². The van der Waals surface area contributed by atoms with Crippen LogP contribution in [0.25, 0.3) is 0 Å². The van der Waals surface area contributed by atoms with Crippen molar-refractivity contribution in [1.29, 1.82) is 0 Å². The summed E-state index contributed by atoms with van der Waals surface area (Å²) in [4.78, 5) is 0. The van der Waals surface area contributed by atoms with E-state index in [1.54, 1.807) is 20.8 Å². The molecule has 3 N–H and O–H groups in total. The van der Waals surface area contributed by atoms with Gasteiger partial charge in [-0.3, -0.25) is 0 Å². The minimum absolute atomic E-state index is 0.383. The van der Waals surface area contributed by atoms with Crippen LogP contribution < -0.4 is 10.5 Å². The van der Waals surface area contributed by atoms with Gasteiger partial charge >= 0.3 is 0 Å². The van der Waals surface area contributed by atoms with Crippen LogP contribution in [0.5, 0.6) is 0 Å². The highest BCUT2D eigenvalue weighted by Gasteiger charge is 2.40. The maximum atomic E-state index is 12.0. The van der Waals surface area contributed by atoms with Crippen LogP contribution in [0.2, 0.25) is 0 Å². The van der Waals surface area contributed by atoms with Gasteiger partial charge in [-0.15, -0.1) is 0 Å². The van der Waals surface area contributed by atoms with Gasteiger partial charge in [0.15, 0.2) is 0 Å². The molecule has 0 atom stereocenters. The number of hydrogen-bond acceptors (Lipinski definition) is 3. The van der Waals surface area contributed by atoms with E-state index < -0.39 is 14.8 Å². The van der Waals surface area contributed by atoms with Crippen LogP contribution in [-0.2, 0) is 10.0 Å². The van der Waals surface area contributed by atoms with E-state index in [-0.39, 0.29) is 5.54 Å². The number of sulfonamides is 1. The first-order chi connectivity index (χ1) is 6.72. The maximum absolute atomic E-state index is 12.0. The summed E-state index contributed by atoms with van der Waals surface area (Å²) in [6, 6.07) is 0. The zero-order chi connectivity index (χ0) is 11.7. The van der Waals surface area contributed by atoms with Crippen LogP contribution in [0.15, 0.2) is 0 Å². The SMILES string of the molecule is CC(C)(C)S(=O)(=O)NC1(CN)CCCC1. The smallest absolute Gasteiger partial charge is 0.217 e. The molecule has 90 valence electrons. The fraction of sp³-hybridized carbons (Fsp3) is 1.00. The lowest BCUT2D eigenvalue weighted by Crippen LogP contribution is -2.55. The van der Waals surface area contributed by atoms with E-state index in [0.717, 1.165) is 25.7 Å². The molecule has 4 nitrogen and oxygen atoms in total. The molecule has 0 heterocycles. The van der Waals surface area contributed by atoms with Gasteiger partial charge in [-0.05, 0) is 33.6 Å². The summed E-state index contributed by atoms with van der Waals surface area (Å²) in [5.41, 5.74) is 5.31. The van der Waals surface area contributed by atoms with E-state index in [2.05, 4.69) is 4.72 Å². The first kappa shape index (κ1) is 12.9. The average molecular weight is 234 g/mol. The van der Waals surface area contributed by atoms with Gasteiger partial charge in [0.1, 0.15) is 0 Å². The van der Waals surface area contributed by atoms with Crippen LogP contribution in [0.3, 0.4) is 0 Å². The Labute approximate surface area is 92.7 Å². The first-order valence-corrected chi connectivity index (χ1v) is 6.94. The van der Waals surface area contributed by atoms with Gasteiger partial charge in [-0.25, -0.2) is 13.1 Å². The van der Waals surface area contributed by atoms with Crippen molar-refractivity contribution in [3.05, 3.63) is 0 Å². The molecule has 1 aliphatic rings.